The summed E-state index contributed by atoms with van der Waals surface area (Å²) in [6.45, 7) is 0. The third kappa shape index (κ3) is 3.83. The Morgan fingerprint density at radius 2 is 0.927 bits per heavy atom. The van der Waals surface area contributed by atoms with Crippen molar-refractivity contribution < 1.29 is 0 Å². The maximum absolute atomic E-state index is 2.61. The van der Waals surface area contributed by atoms with Crippen molar-refractivity contribution in [3.8, 4) is 27.9 Å². The summed E-state index contributed by atoms with van der Waals surface area (Å²) in [5.74, 6) is 0. The quantitative estimate of drug-likeness (QED) is 0.134. The Morgan fingerprint density at radius 3 is 1.66 bits per heavy atom. The predicted octanol–water partition coefficient (Wildman–Crippen LogP) is 10.8. The molecular formula is C38H29IN2. The Morgan fingerprint density at radius 1 is 0.415 bits per heavy atom. The first-order valence-electron chi connectivity index (χ1n) is 13.9. The number of halogens is 1. The van der Waals surface area contributed by atoms with Crippen LogP contribution in [0.2, 0.25) is 0 Å². The van der Waals surface area contributed by atoms with Gasteiger partial charge in [0.05, 0.1) is 0 Å². The van der Waals surface area contributed by atoms with Gasteiger partial charge in [-0.05, 0) is 5.56 Å². The molecule has 2 nitrogen and oxygen atoms in total. The Hall–Kier alpha value is -4.35. The Kier molecular flexibility index (Phi) is 5.75. The molecule has 0 atom stereocenters. The zero-order valence-corrected chi connectivity index (χ0v) is 25.2. The molecule has 2 heterocycles. The molecule has 0 aliphatic heterocycles. The minimum absolute atomic E-state index is 1.20. The van der Waals surface area contributed by atoms with Gasteiger partial charge < -0.3 is 0 Å². The van der Waals surface area contributed by atoms with Crippen molar-refractivity contribution in [1.82, 2.24) is 7.35 Å². The molecule has 0 aliphatic carbocycles. The van der Waals surface area contributed by atoms with Crippen LogP contribution in [0.15, 0.2) is 140 Å². The van der Waals surface area contributed by atoms with Gasteiger partial charge in [-0.25, -0.2) is 0 Å². The van der Waals surface area contributed by atoms with Crippen LogP contribution in [-0.4, -0.2) is 17.2 Å². The predicted molar refractivity (Wildman–Crippen MR) is 186 cm³/mol. The van der Waals surface area contributed by atoms with Crippen LogP contribution >= 0.6 is 20.1 Å². The fourth-order valence-corrected chi connectivity index (χ4v) is 9.33. The summed E-state index contributed by atoms with van der Waals surface area (Å²) in [4.78, 5) is 4.84. The first-order valence-corrected chi connectivity index (χ1v) is 19.2. The molecule has 0 amide bonds. The molecule has 0 radical (unpaired) electrons. The summed E-state index contributed by atoms with van der Waals surface area (Å²) in [7, 11) is 0. The molecule has 0 N–H and O–H groups in total. The molecule has 3 heteroatoms. The van der Waals surface area contributed by atoms with Crippen LogP contribution in [0.1, 0.15) is 0 Å². The van der Waals surface area contributed by atoms with Gasteiger partial charge in [0.2, 0.25) is 0 Å². The van der Waals surface area contributed by atoms with E-state index in [0.717, 1.165) is 0 Å². The van der Waals surface area contributed by atoms with Crippen LogP contribution in [0, 0.1) is 0 Å². The molecule has 2 aromatic heterocycles. The minimum atomic E-state index is -1.26. The first kappa shape index (κ1) is 24.4. The van der Waals surface area contributed by atoms with Crippen molar-refractivity contribution in [1.29, 1.82) is 0 Å². The monoisotopic (exact) mass is 640 g/mol. The van der Waals surface area contributed by atoms with Crippen LogP contribution in [-0.2, 0) is 0 Å². The van der Waals surface area contributed by atoms with Gasteiger partial charge in [0.15, 0.2) is 0 Å². The summed E-state index contributed by atoms with van der Waals surface area (Å²) < 4.78 is 5.04. The maximum atomic E-state index is 2.61. The number of aromatic nitrogens is 2. The van der Waals surface area contributed by atoms with E-state index >= 15 is 0 Å². The van der Waals surface area contributed by atoms with Gasteiger partial charge in [-0.1, -0.05) is 48.5 Å². The molecule has 41 heavy (non-hydrogen) atoms. The van der Waals surface area contributed by atoms with E-state index in [2.05, 4.69) is 157 Å². The van der Waals surface area contributed by atoms with E-state index in [1.165, 1.54) is 71.6 Å². The van der Waals surface area contributed by atoms with Crippen molar-refractivity contribution in [3.63, 3.8) is 0 Å². The molecule has 0 unspecified atom stereocenters. The number of fused-ring (bicyclic) bond motifs is 6. The first-order chi connectivity index (χ1) is 20.2. The van der Waals surface area contributed by atoms with Crippen molar-refractivity contribution in [2.45, 2.75) is 0 Å². The van der Waals surface area contributed by atoms with Crippen molar-refractivity contribution in [3.05, 3.63) is 140 Å². The molecule has 198 valence electrons. The van der Waals surface area contributed by atoms with E-state index in [-0.39, 0.29) is 0 Å². The van der Waals surface area contributed by atoms with Gasteiger partial charge in [-0.3, -0.25) is 0 Å². The average Bonchev–Trinajstić information content (AvgIpc) is 3.54. The fraction of sp³-hybridized carbons (Fsp3) is 0.0526. The van der Waals surface area contributed by atoms with E-state index in [4.69, 9.17) is 0 Å². The zero-order chi connectivity index (χ0) is 27.5. The molecule has 0 saturated heterocycles. The number of para-hydroxylation sites is 3. The van der Waals surface area contributed by atoms with Gasteiger partial charge in [0.1, 0.15) is 0 Å². The second kappa shape index (κ2) is 9.64. The Labute approximate surface area is 247 Å². The Balaban J connectivity index is 1.36. The molecule has 8 aromatic rings. The summed E-state index contributed by atoms with van der Waals surface area (Å²) in [6, 6.07) is 51.2. The van der Waals surface area contributed by atoms with E-state index in [0.29, 0.717) is 0 Å². The molecular weight excluding hydrogens is 611 g/mol. The van der Waals surface area contributed by atoms with Crippen LogP contribution < -0.4 is 0 Å². The zero-order valence-electron chi connectivity index (χ0n) is 23.1. The molecule has 0 fully saturated rings. The third-order valence-electron chi connectivity index (χ3n) is 8.19. The van der Waals surface area contributed by atoms with Gasteiger partial charge in [0.25, 0.3) is 0 Å². The fourth-order valence-electron chi connectivity index (χ4n) is 6.41. The number of alkyl halides is 2. The van der Waals surface area contributed by atoms with Gasteiger partial charge in [-0.2, -0.15) is 0 Å². The van der Waals surface area contributed by atoms with E-state index in [9.17, 15) is 0 Å². The Bertz CT molecular complexity index is 2230. The number of rotatable bonds is 4. The molecule has 0 saturated carbocycles. The standard InChI is InChI=1S/C38H29IN2/c1-39(2)41-37-19-11-8-16-31(37)33-25-28(21-23-38(33)41)27-20-22-36-32(24-27)30-15-7-10-18-35(30)40(36)34-17-9-6-14-29(34)26-12-4-3-5-13-26/h3-25H,1-2H3. The normalized spacial score (nSPS) is 12.1. The van der Waals surface area contributed by atoms with Gasteiger partial charge in [-0.15, -0.1) is 0 Å². The van der Waals surface area contributed by atoms with Gasteiger partial charge in [0, 0.05) is 0 Å². The van der Waals surface area contributed by atoms with E-state index < -0.39 is 20.1 Å². The third-order valence-corrected chi connectivity index (χ3v) is 11.2. The number of hydrogen-bond donors (Lipinski definition) is 0. The van der Waals surface area contributed by atoms with Gasteiger partial charge >= 0.3 is 194 Å². The van der Waals surface area contributed by atoms with Crippen LogP contribution in [0.25, 0.3) is 71.6 Å². The van der Waals surface area contributed by atoms with Crippen molar-refractivity contribution in [2.75, 3.05) is 9.86 Å². The van der Waals surface area contributed by atoms with E-state index in [1.54, 1.807) is 0 Å². The summed E-state index contributed by atoms with van der Waals surface area (Å²) in [5.41, 5.74) is 11.3. The second-order valence-electron chi connectivity index (χ2n) is 10.7. The van der Waals surface area contributed by atoms with Crippen molar-refractivity contribution >= 4 is 63.7 Å². The van der Waals surface area contributed by atoms with Crippen LogP contribution in [0.4, 0.5) is 0 Å². The van der Waals surface area contributed by atoms with Crippen molar-refractivity contribution in [2.24, 2.45) is 0 Å². The molecule has 6 aromatic carbocycles. The number of benzene rings is 6. The second-order valence-corrected chi connectivity index (χ2v) is 15.8. The average molecular weight is 641 g/mol. The summed E-state index contributed by atoms with van der Waals surface area (Å²) >= 11 is -1.26. The van der Waals surface area contributed by atoms with E-state index in [1.807, 2.05) is 0 Å². The SMILES string of the molecule is CI(C)n1c2ccccc2c2cc(-c3ccc4c(c3)c3ccccc3n4-c3ccccc3-c3ccccc3)ccc21. The summed E-state index contributed by atoms with van der Waals surface area (Å²) in [5, 5.41) is 5.25. The summed E-state index contributed by atoms with van der Waals surface area (Å²) in [6.07, 6.45) is 0. The van der Waals surface area contributed by atoms with Crippen LogP contribution in [0.5, 0.6) is 0 Å². The molecule has 0 aliphatic rings. The number of nitrogens with zero attached hydrogens (tertiary/aromatic N) is 2. The topological polar surface area (TPSA) is 9.86 Å². The van der Waals surface area contributed by atoms with Crippen LogP contribution in [0.3, 0.4) is 0 Å². The molecule has 0 spiro atoms. The molecule has 8 rings (SSSR count). The number of hydrogen-bond acceptors (Lipinski definition) is 0. The molecule has 0 bridgehead atoms.